The van der Waals surface area contributed by atoms with E-state index in [2.05, 4.69) is 14.7 Å². The van der Waals surface area contributed by atoms with Crippen molar-refractivity contribution in [3.8, 4) is 11.5 Å². The van der Waals surface area contributed by atoms with E-state index in [0.717, 1.165) is 44.4 Å². The van der Waals surface area contributed by atoms with E-state index in [9.17, 15) is 9.59 Å². The number of carbonyl (C=O) groups is 2. The van der Waals surface area contributed by atoms with Gasteiger partial charge in [0.05, 0.1) is 34.2 Å². The average molecular weight is 424 g/mol. The summed E-state index contributed by atoms with van der Waals surface area (Å²) in [5.74, 6) is 0.425. The lowest BCUT2D eigenvalue weighted by molar-refractivity contribution is -0.140. The Balaban J connectivity index is 0.000000176. The molecule has 31 heavy (non-hydrogen) atoms. The van der Waals surface area contributed by atoms with Gasteiger partial charge in [-0.1, -0.05) is 0 Å². The van der Waals surface area contributed by atoms with Crippen LogP contribution in [0.15, 0.2) is 48.8 Å². The Bertz CT molecular complexity index is 1210. The highest BCUT2D eigenvalue weighted by molar-refractivity contribution is 5.89. The fourth-order valence-electron chi connectivity index (χ4n) is 3.25. The Morgan fingerprint density at radius 3 is 1.71 bits per heavy atom. The number of rotatable bonds is 6. The monoisotopic (exact) mass is 424 g/mol. The van der Waals surface area contributed by atoms with E-state index < -0.39 is 5.97 Å². The van der Waals surface area contributed by atoms with Crippen LogP contribution in [0.3, 0.4) is 0 Å². The quantitative estimate of drug-likeness (QED) is 0.407. The third kappa shape index (κ3) is 5.16. The number of benzene rings is 2. The summed E-state index contributed by atoms with van der Waals surface area (Å²) in [5, 5.41) is 10.6. The van der Waals surface area contributed by atoms with E-state index >= 15 is 0 Å². The molecule has 0 aliphatic rings. The summed E-state index contributed by atoms with van der Waals surface area (Å²) in [6, 6.07) is 11.3. The van der Waals surface area contributed by atoms with Crippen LogP contribution in [0, 0.1) is 0 Å². The second-order valence-electron chi connectivity index (χ2n) is 6.77. The van der Waals surface area contributed by atoms with Crippen LogP contribution in [0.1, 0.15) is 11.1 Å². The zero-order valence-electron chi connectivity index (χ0n) is 17.5. The summed E-state index contributed by atoms with van der Waals surface area (Å²) in [7, 11) is 4.59. The van der Waals surface area contributed by atoms with Gasteiger partial charge in [-0.2, -0.15) is 0 Å². The largest absolute Gasteiger partial charge is 0.497 e. The Morgan fingerprint density at radius 1 is 0.806 bits per heavy atom. The summed E-state index contributed by atoms with van der Waals surface area (Å²) in [5.41, 5.74) is 3.60. The highest BCUT2D eigenvalue weighted by atomic mass is 16.5. The van der Waals surface area contributed by atoms with Crippen LogP contribution in [-0.2, 0) is 27.2 Å². The van der Waals surface area contributed by atoms with Crippen LogP contribution in [0.25, 0.3) is 21.8 Å². The van der Waals surface area contributed by atoms with Gasteiger partial charge in [0.15, 0.2) is 0 Å². The highest BCUT2D eigenvalue weighted by Gasteiger charge is 2.10. The maximum atomic E-state index is 11.2. The first kappa shape index (κ1) is 21.8. The normalized spacial score (nSPS) is 10.4. The number of aromatic nitrogens is 2. The molecular weight excluding hydrogens is 400 g/mol. The molecule has 0 aliphatic heterocycles. The molecule has 0 aliphatic carbocycles. The Hall–Kier alpha value is -3.94. The topological polar surface area (TPSA) is 114 Å². The molecule has 0 unspecified atom stereocenters. The van der Waals surface area contributed by atoms with Crippen LogP contribution in [0.4, 0.5) is 0 Å². The number of aliphatic carboxylic acids is 1. The smallest absolute Gasteiger partial charge is 0.310 e. The van der Waals surface area contributed by atoms with Crippen LogP contribution >= 0.6 is 0 Å². The molecule has 0 spiro atoms. The van der Waals surface area contributed by atoms with Crippen molar-refractivity contribution in [2.75, 3.05) is 21.3 Å². The first-order chi connectivity index (χ1) is 14.9. The zero-order valence-corrected chi connectivity index (χ0v) is 17.5. The number of hydrogen-bond donors (Lipinski definition) is 3. The third-order valence-electron chi connectivity index (χ3n) is 4.85. The summed E-state index contributed by atoms with van der Waals surface area (Å²) in [6.45, 7) is 0. The number of H-pyrrole nitrogens is 2. The van der Waals surface area contributed by atoms with E-state index in [4.69, 9.17) is 14.6 Å². The molecule has 8 nitrogen and oxygen atoms in total. The van der Waals surface area contributed by atoms with Crippen molar-refractivity contribution in [3.05, 3.63) is 59.9 Å². The number of esters is 1. The van der Waals surface area contributed by atoms with E-state index in [-0.39, 0.29) is 18.8 Å². The first-order valence-electron chi connectivity index (χ1n) is 9.51. The SMILES string of the molecule is COC(=O)Cc1c[nH]c2ccc(OC)cc12.COc1ccc2[nH]cc(CC(=O)O)c2c1. The van der Waals surface area contributed by atoms with Crippen molar-refractivity contribution < 1.29 is 28.9 Å². The number of ether oxygens (including phenoxy) is 3. The molecule has 0 bridgehead atoms. The second kappa shape index (κ2) is 9.71. The van der Waals surface area contributed by atoms with Gasteiger partial charge in [0.1, 0.15) is 11.5 Å². The first-order valence-corrected chi connectivity index (χ1v) is 9.51. The van der Waals surface area contributed by atoms with E-state index in [1.54, 1.807) is 20.4 Å². The fraction of sp³-hybridized carbons (Fsp3) is 0.217. The van der Waals surface area contributed by atoms with Crippen molar-refractivity contribution in [3.63, 3.8) is 0 Å². The standard InChI is InChI=1S/C12H13NO3.C11H11NO3/c1-15-9-3-4-11-10(6-9)8(7-13-11)5-12(14)16-2;1-15-8-2-3-10-9(5-8)7(6-12-10)4-11(13)14/h3-4,6-7,13H,5H2,1-2H3;2-3,5-6,12H,4H2,1H3,(H,13,14). The number of methoxy groups -OCH3 is 3. The molecule has 2 aromatic carbocycles. The molecule has 0 fully saturated rings. The predicted molar refractivity (Wildman–Crippen MR) is 117 cm³/mol. The Labute approximate surface area is 178 Å². The lowest BCUT2D eigenvalue weighted by Gasteiger charge is -2.01. The average Bonchev–Trinajstić information content (AvgIpc) is 3.36. The number of fused-ring (bicyclic) bond motifs is 2. The van der Waals surface area contributed by atoms with Crippen molar-refractivity contribution in [2.24, 2.45) is 0 Å². The maximum Gasteiger partial charge on any atom is 0.310 e. The number of carboxylic acid groups (broad SMARTS) is 1. The Kier molecular flexibility index (Phi) is 6.81. The molecule has 3 N–H and O–H groups in total. The number of carboxylic acids is 1. The summed E-state index contributed by atoms with van der Waals surface area (Å²) in [4.78, 5) is 28.0. The van der Waals surface area contributed by atoms with Gasteiger partial charge in [0.2, 0.25) is 0 Å². The van der Waals surface area contributed by atoms with Crippen LogP contribution in [0.5, 0.6) is 11.5 Å². The van der Waals surface area contributed by atoms with Gasteiger partial charge in [0, 0.05) is 34.2 Å². The molecule has 8 heteroatoms. The van der Waals surface area contributed by atoms with Gasteiger partial charge in [-0.3, -0.25) is 9.59 Å². The number of hydrogen-bond acceptors (Lipinski definition) is 5. The molecule has 0 saturated heterocycles. The van der Waals surface area contributed by atoms with Crippen molar-refractivity contribution in [1.29, 1.82) is 0 Å². The number of nitrogens with one attached hydrogen (secondary N) is 2. The van der Waals surface area contributed by atoms with E-state index in [1.807, 2.05) is 42.6 Å². The molecule has 4 aromatic rings. The van der Waals surface area contributed by atoms with Gasteiger partial charge in [-0.15, -0.1) is 0 Å². The molecule has 2 aromatic heterocycles. The predicted octanol–water partition coefficient (Wildman–Crippen LogP) is 3.70. The van der Waals surface area contributed by atoms with Crippen LogP contribution in [0.2, 0.25) is 0 Å². The van der Waals surface area contributed by atoms with Crippen LogP contribution < -0.4 is 9.47 Å². The number of aromatic amines is 2. The number of carbonyl (C=O) groups excluding carboxylic acids is 1. The van der Waals surface area contributed by atoms with Crippen molar-refractivity contribution >= 4 is 33.7 Å². The van der Waals surface area contributed by atoms with Gasteiger partial charge in [-0.05, 0) is 47.5 Å². The molecular formula is C23H24N2O6. The van der Waals surface area contributed by atoms with Crippen molar-refractivity contribution in [2.45, 2.75) is 12.8 Å². The summed E-state index contributed by atoms with van der Waals surface area (Å²) >= 11 is 0. The molecule has 0 atom stereocenters. The molecule has 2 heterocycles. The lowest BCUT2D eigenvalue weighted by atomic mass is 10.1. The van der Waals surface area contributed by atoms with Gasteiger partial charge in [0.25, 0.3) is 0 Å². The van der Waals surface area contributed by atoms with E-state index in [0.29, 0.717) is 0 Å². The fourth-order valence-corrected chi connectivity index (χ4v) is 3.25. The highest BCUT2D eigenvalue weighted by Crippen LogP contribution is 2.25. The molecule has 0 amide bonds. The van der Waals surface area contributed by atoms with E-state index in [1.165, 1.54) is 7.11 Å². The summed E-state index contributed by atoms with van der Waals surface area (Å²) < 4.78 is 14.9. The lowest BCUT2D eigenvalue weighted by Crippen LogP contribution is -2.03. The van der Waals surface area contributed by atoms with Crippen LogP contribution in [-0.4, -0.2) is 48.3 Å². The minimum absolute atomic E-state index is 0.0210. The van der Waals surface area contributed by atoms with Gasteiger partial charge in [-0.25, -0.2) is 0 Å². The minimum atomic E-state index is -0.835. The third-order valence-corrected chi connectivity index (χ3v) is 4.85. The van der Waals surface area contributed by atoms with Crippen molar-refractivity contribution in [1.82, 2.24) is 9.97 Å². The molecule has 0 radical (unpaired) electrons. The minimum Gasteiger partial charge on any atom is -0.497 e. The molecule has 162 valence electrons. The maximum absolute atomic E-state index is 11.2. The van der Waals surface area contributed by atoms with Gasteiger partial charge < -0.3 is 29.3 Å². The zero-order chi connectivity index (χ0) is 22.4. The molecule has 0 saturated carbocycles. The van der Waals surface area contributed by atoms with Gasteiger partial charge >= 0.3 is 11.9 Å². The second-order valence-corrected chi connectivity index (χ2v) is 6.77. The summed E-state index contributed by atoms with van der Waals surface area (Å²) in [6.07, 6.45) is 3.83. The Morgan fingerprint density at radius 2 is 1.29 bits per heavy atom. The molecule has 4 rings (SSSR count).